The predicted molar refractivity (Wildman–Crippen MR) is 138 cm³/mol. The number of aryl methyl sites for hydroxylation is 3. The summed E-state index contributed by atoms with van der Waals surface area (Å²) in [5.41, 5.74) is 5.88. The fourth-order valence-corrected chi connectivity index (χ4v) is 4.64. The fourth-order valence-electron chi connectivity index (χ4n) is 4.64. The van der Waals surface area contributed by atoms with Gasteiger partial charge in [-0.3, -0.25) is 0 Å². The van der Waals surface area contributed by atoms with Gasteiger partial charge in [0, 0.05) is 40.2 Å². The first-order chi connectivity index (χ1) is 16.8. The van der Waals surface area contributed by atoms with Crippen LogP contribution >= 0.6 is 0 Å². The zero-order chi connectivity index (χ0) is 24.9. The molecule has 1 aliphatic carbocycles. The van der Waals surface area contributed by atoms with Gasteiger partial charge in [-0.25, -0.2) is 9.97 Å². The second kappa shape index (κ2) is 8.72. The van der Waals surface area contributed by atoms with Crippen molar-refractivity contribution >= 4 is 33.5 Å². The normalized spacial score (nSPS) is 14.3. The van der Waals surface area contributed by atoms with E-state index in [0.717, 1.165) is 75.3 Å². The van der Waals surface area contributed by atoms with Crippen LogP contribution in [-0.4, -0.2) is 39.5 Å². The third-order valence-corrected chi connectivity index (χ3v) is 6.55. The van der Waals surface area contributed by atoms with Crippen LogP contribution in [0.5, 0.6) is 5.75 Å². The number of aromatic amines is 1. The standard InChI is InChI=1S/C26H31N7O2/c1-7-28-24(12(2)23(27)16-8-9-16)32-26-22-17-11-20(34-6)18(21-13(3)33-35-14(21)4)10-19(17)31-25(22)29-15(5)30-26/h10-11,16,27-28H,7-9H2,1-6H3,(H2,29,30,31,32)/b24-12+,27-23?. The molecule has 0 saturated heterocycles. The number of allylic oxidation sites excluding steroid dienone is 1. The number of ether oxygens (including phenoxy) is 1. The van der Waals surface area contributed by atoms with Crippen molar-refractivity contribution in [1.29, 1.82) is 5.41 Å². The average molecular weight is 474 g/mol. The maximum Gasteiger partial charge on any atom is 0.145 e. The quantitative estimate of drug-likeness (QED) is 0.253. The molecule has 3 aromatic heterocycles. The van der Waals surface area contributed by atoms with E-state index in [1.807, 2.05) is 40.7 Å². The zero-order valence-corrected chi connectivity index (χ0v) is 21.0. The van der Waals surface area contributed by atoms with Crippen molar-refractivity contribution in [3.8, 4) is 16.9 Å². The molecule has 1 aromatic carbocycles. The lowest BCUT2D eigenvalue weighted by molar-refractivity contribution is 0.393. The molecule has 4 aromatic rings. The van der Waals surface area contributed by atoms with E-state index >= 15 is 0 Å². The van der Waals surface area contributed by atoms with Crippen molar-refractivity contribution in [3.63, 3.8) is 0 Å². The van der Waals surface area contributed by atoms with Gasteiger partial charge in [-0.05, 0) is 59.6 Å². The Morgan fingerprint density at radius 1 is 1.23 bits per heavy atom. The zero-order valence-electron chi connectivity index (χ0n) is 21.0. The molecule has 0 aliphatic heterocycles. The topological polar surface area (TPSA) is 125 Å². The van der Waals surface area contributed by atoms with Gasteiger partial charge in [-0.2, -0.15) is 0 Å². The number of hydrogen-bond acceptors (Lipinski definition) is 8. The van der Waals surface area contributed by atoms with E-state index in [1.54, 1.807) is 7.11 Å². The van der Waals surface area contributed by atoms with Gasteiger partial charge in [0.25, 0.3) is 0 Å². The average Bonchev–Trinajstić information content (AvgIpc) is 3.54. The number of fused-ring (bicyclic) bond motifs is 3. The molecule has 0 spiro atoms. The maximum atomic E-state index is 8.57. The Balaban J connectivity index is 1.70. The van der Waals surface area contributed by atoms with Gasteiger partial charge in [0.15, 0.2) is 0 Å². The van der Waals surface area contributed by atoms with E-state index < -0.39 is 0 Å². The Labute approximate surface area is 203 Å². The summed E-state index contributed by atoms with van der Waals surface area (Å²) in [4.78, 5) is 12.9. The first kappa shape index (κ1) is 22.9. The van der Waals surface area contributed by atoms with Gasteiger partial charge in [0.1, 0.15) is 34.6 Å². The molecule has 0 amide bonds. The van der Waals surface area contributed by atoms with Gasteiger partial charge in [-0.1, -0.05) is 5.16 Å². The van der Waals surface area contributed by atoms with E-state index in [4.69, 9.17) is 19.7 Å². The molecule has 0 radical (unpaired) electrons. The Morgan fingerprint density at radius 2 is 2.00 bits per heavy atom. The van der Waals surface area contributed by atoms with Crippen LogP contribution in [0.25, 0.3) is 33.1 Å². The summed E-state index contributed by atoms with van der Waals surface area (Å²) in [6.45, 7) is 10.5. The summed E-state index contributed by atoms with van der Waals surface area (Å²) in [6, 6.07) is 4.06. The Kier molecular flexibility index (Phi) is 5.70. The van der Waals surface area contributed by atoms with E-state index in [2.05, 4.69) is 31.8 Å². The highest BCUT2D eigenvalue weighted by Crippen LogP contribution is 2.41. The third-order valence-electron chi connectivity index (χ3n) is 6.55. The summed E-state index contributed by atoms with van der Waals surface area (Å²) in [7, 11) is 1.66. The lowest BCUT2D eigenvalue weighted by Crippen LogP contribution is -2.24. The maximum absolute atomic E-state index is 8.57. The first-order valence-electron chi connectivity index (χ1n) is 11.9. The molecule has 4 N–H and O–H groups in total. The van der Waals surface area contributed by atoms with Gasteiger partial charge >= 0.3 is 0 Å². The van der Waals surface area contributed by atoms with Crippen LogP contribution < -0.4 is 15.4 Å². The van der Waals surface area contributed by atoms with Crippen molar-refractivity contribution in [2.24, 2.45) is 5.92 Å². The number of nitrogens with one attached hydrogen (secondary N) is 4. The summed E-state index contributed by atoms with van der Waals surface area (Å²) in [5, 5.41) is 21.4. The Hall–Kier alpha value is -3.88. The van der Waals surface area contributed by atoms with Crippen LogP contribution in [0, 0.1) is 32.1 Å². The minimum absolute atomic E-state index is 0.359. The second-order valence-electron chi connectivity index (χ2n) is 9.11. The van der Waals surface area contributed by atoms with Crippen LogP contribution in [0.15, 0.2) is 28.0 Å². The number of rotatable bonds is 8. The molecule has 1 aliphatic rings. The number of aromatic nitrogens is 4. The molecule has 1 saturated carbocycles. The lowest BCUT2D eigenvalue weighted by Gasteiger charge is -2.17. The number of methoxy groups -OCH3 is 1. The van der Waals surface area contributed by atoms with Crippen molar-refractivity contribution < 1.29 is 9.26 Å². The molecular formula is C26H31N7O2. The van der Waals surface area contributed by atoms with E-state index in [9.17, 15) is 0 Å². The summed E-state index contributed by atoms with van der Waals surface area (Å²) in [6.07, 6.45) is 2.17. The van der Waals surface area contributed by atoms with E-state index in [-0.39, 0.29) is 0 Å². The van der Waals surface area contributed by atoms with Crippen molar-refractivity contribution in [2.45, 2.75) is 47.5 Å². The number of benzene rings is 1. The lowest BCUT2D eigenvalue weighted by atomic mass is 10.0. The largest absolute Gasteiger partial charge is 0.496 e. The monoisotopic (exact) mass is 473 g/mol. The van der Waals surface area contributed by atoms with Crippen molar-refractivity contribution in [3.05, 3.63) is 40.8 Å². The van der Waals surface area contributed by atoms with Gasteiger partial charge < -0.3 is 30.3 Å². The smallest absolute Gasteiger partial charge is 0.145 e. The third kappa shape index (κ3) is 4.00. The molecule has 1 fully saturated rings. The van der Waals surface area contributed by atoms with Crippen LogP contribution in [0.4, 0.5) is 5.82 Å². The Bertz CT molecular complexity index is 1470. The molecule has 35 heavy (non-hydrogen) atoms. The molecule has 9 nitrogen and oxygen atoms in total. The fraction of sp³-hybridized carbons (Fsp3) is 0.385. The number of nitrogens with zero attached hydrogens (tertiary/aromatic N) is 3. The molecule has 5 rings (SSSR count). The SMILES string of the molecule is CCN/C(Nc1nc(C)nc2[nH]c3cc(-c4c(C)noc4C)c(OC)cc3c12)=C(/C)C(=N)C1CC1. The van der Waals surface area contributed by atoms with Gasteiger partial charge in [-0.15, -0.1) is 0 Å². The summed E-state index contributed by atoms with van der Waals surface area (Å²) >= 11 is 0. The number of anilines is 1. The van der Waals surface area contributed by atoms with E-state index in [1.165, 1.54) is 0 Å². The minimum atomic E-state index is 0.359. The highest BCUT2D eigenvalue weighted by atomic mass is 16.5. The first-order valence-corrected chi connectivity index (χ1v) is 11.9. The predicted octanol–water partition coefficient (Wildman–Crippen LogP) is 5.38. The summed E-state index contributed by atoms with van der Waals surface area (Å²) < 4.78 is 11.2. The van der Waals surface area contributed by atoms with Crippen LogP contribution in [0.1, 0.15) is 44.0 Å². The van der Waals surface area contributed by atoms with E-state index in [0.29, 0.717) is 29.0 Å². The summed E-state index contributed by atoms with van der Waals surface area (Å²) in [5.74, 6) is 3.95. The number of hydrogen-bond donors (Lipinski definition) is 4. The highest BCUT2D eigenvalue weighted by molar-refractivity contribution is 6.13. The molecule has 182 valence electrons. The van der Waals surface area contributed by atoms with Crippen LogP contribution in [0.3, 0.4) is 0 Å². The highest BCUT2D eigenvalue weighted by Gasteiger charge is 2.29. The molecule has 3 heterocycles. The molecule has 9 heteroatoms. The Morgan fingerprint density at radius 3 is 2.63 bits per heavy atom. The van der Waals surface area contributed by atoms with Gasteiger partial charge in [0.05, 0.1) is 23.8 Å². The van der Waals surface area contributed by atoms with Crippen LogP contribution in [-0.2, 0) is 0 Å². The van der Waals surface area contributed by atoms with Crippen LogP contribution in [0.2, 0.25) is 0 Å². The number of H-pyrrole nitrogens is 1. The second-order valence-corrected chi connectivity index (χ2v) is 9.11. The molecular weight excluding hydrogens is 442 g/mol. The molecule has 0 bridgehead atoms. The van der Waals surface area contributed by atoms with Gasteiger partial charge in [0.2, 0.25) is 0 Å². The molecule has 0 atom stereocenters. The van der Waals surface area contributed by atoms with Crippen molar-refractivity contribution in [1.82, 2.24) is 25.4 Å². The molecule has 0 unspecified atom stereocenters. The minimum Gasteiger partial charge on any atom is -0.496 e. The van der Waals surface area contributed by atoms with Crippen molar-refractivity contribution in [2.75, 3.05) is 19.0 Å².